The van der Waals surface area contributed by atoms with Gasteiger partial charge >= 0.3 is 0 Å². The topological polar surface area (TPSA) is 96.0 Å². The summed E-state index contributed by atoms with van der Waals surface area (Å²) in [6, 6.07) is 19.0. The zero-order valence-corrected chi connectivity index (χ0v) is 23.4. The first-order valence-electron chi connectivity index (χ1n) is 12.1. The number of sulfonamides is 1. The van der Waals surface area contributed by atoms with E-state index in [1.165, 1.54) is 36.2 Å². The summed E-state index contributed by atoms with van der Waals surface area (Å²) >= 11 is 5.98. The van der Waals surface area contributed by atoms with Crippen molar-refractivity contribution in [2.45, 2.75) is 37.8 Å². The van der Waals surface area contributed by atoms with Crippen LogP contribution >= 0.6 is 11.6 Å². The largest absolute Gasteiger partial charge is 0.497 e. The molecule has 38 heavy (non-hydrogen) atoms. The SMILES string of the molecule is CC[C@H](C(=O)NC)N(Cc1ccc(OC)cc1)C(=O)CN(c1cccc(C)c1)S(=O)(=O)c1ccc(Cl)cc1. The highest BCUT2D eigenvalue weighted by molar-refractivity contribution is 7.92. The number of carbonyl (C=O) groups is 2. The fourth-order valence-electron chi connectivity index (χ4n) is 4.06. The van der Waals surface area contributed by atoms with E-state index in [2.05, 4.69) is 5.32 Å². The van der Waals surface area contributed by atoms with E-state index in [0.717, 1.165) is 15.4 Å². The van der Waals surface area contributed by atoms with Crippen LogP contribution < -0.4 is 14.4 Å². The van der Waals surface area contributed by atoms with Gasteiger partial charge in [0.1, 0.15) is 18.3 Å². The van der Waals surface area contributed by atoms with Gasteiger partial charge in [0.05, 0.1) is 17.7 Å². The van der Waals surface area contributed by atoms with Gasteiger partial charge in [0.25, 0.3) is 10.0 Å². The lowest BCUT2D eigenvalue weighted by Crippen LogP contribution is -2.51. The number of methoxy groups -OCH3 is 1. The lowest BCUT2D eigenvalue weighted by atomic mass is 10.1. The number of nitrogens with one attached hydrogen (secondary N) is 1. The minimum Gasteiger partial charge on any atom is -0.497 e. The van der Waals surface area contributed by atoms with Crippen LogP contribution in [0.3, 0.4) is 0 Å². The van der Waals surface area contributed by atoms with Crippen LogP contribution in [0, 0.1) is 6.92 Å². The molecule has 3 aromatic carbocycles. The standard InChI is InChI=1S/C28H32ClN3O5S/c1-5-26(28(34)30-3)31(18-21-9-13-24(37-4)14-10-21)27(33)19-32(23-8-6-7-20(2)17-23)38(35,36)25-15-11-22(29)12-16-25/h6-17,26H,5,18-19H2,1-4H3,(H,30,34)/t26-/m1/s1. The van der Waals surface area contributed by atoms with E-state index in [1.807, 2.05) is 13.0 Å². The third-order valence-corrected chi connectivity index (χ3v) is 8.15. The Bertz CT molecular complexity index is 1360. The minimum atomic E-state index is -4.15. The molecule has 1 N–H and O–H groups in total. The van der Waals surface area contributed by atoms with Crippen molar-refractivity contribution in [3.63, 3.8) is 0 Å². The number of ether oxygens (including phenoxy) is 1. The number of nitrogens with zero attached hydrogens (tertiary/aromatic N) is 2. The Labute approximate surface area is 229 Å². The Hall–Kier alpha value is -3.56. The van der Waals surface area contributed by atoms with Gasteiger partial charge in [-0.15, -0.1) is 0 Å². The van der Waals surface area contributed by atoms with Crippen molar-refractivity contribution in [2.75, 3.05) is 25.0 Å². The average molecular weight is 558 g/mol. The van der Waals surface area contributed by atoms with E-state index in [-0.39, 0.29) is 17.3 Å². The quantitative estimate of drug-likeness (QED) is 0.377. The van der Waals surface area contributed by atoms with E-state index in [9.17, 15) is 18.0 Å². The number of hydrogen-bond donors (Lipinski definition) is 1. The molecule has 0 radical (unpaired) electrons. The van der Waals surface area contributed by atoms with Gasteiger partial charge in [-0.05, 0) is 73.0 Å². The maximum Gasteiger partial charge on any atom is 0.264 e. The highest BCUT2D eigenvalue weighted by Gasteiger charge is 2.33. The van der Waals surface area contributed by atoms with Crippen molar-refractivity contribution in [3.8, 4) is 5.75 Å². The second-order valence-corrected chi connectivity index (χ2v) is 11.0. The number of amides is 2. The van der Waals surface area contributed by atoms with E-state index in [4.69, 9.17) is 16.3 Å². The summed E-state index contributed by atoms with van der Waals surface area (Å²) < 4.78 is 33.9. The van der Waals surface area contributed by atoms with Crippen molar-refractivity contribution in [2.24, 2.45) is 0 Å². The molecule has 0 bridgehead atoms. The molecule has 8 nitrogen and oxygen atoms in total. The fraction of sp³-hybridized carbons (Fsp3) is 0.286. The highest BCUT2D eigenvalue weighted by Crippen LogP contribution is 2.26. The molecule has 0 unspecified atom stereocenters. The van der Waals surface area contributed by atoms with Gasteiger partial charge in [-0.25, -0.2) is 8.42 Å². The van der Waals surface area contributed by atoms with E-state index in [0.29, 0.717) is 22.9 Å². The molecule has 0 aliphatic rings. The maximum atomic E-state index is 13.9. The van der Waals surface area contributed by atoms with Gasteiger partial charge in [0, 0.05) is 18.6 Å². The first-order valence-corrected chi connectivity index (χ1v) is 13.9. The second-order valence-electron chi connectivity index (χ2n) is 8.71. The average Bonchev–Trinajstić information content (AvgIpc) is 2.91. The van der Waals surface area contributed by atoms with E-state index in [1.54, 1.807) is 56.5 Å². The first-order chi connectivity index (χ1) is 18.1. The van der Waals surface area contributed by atoms with Crippen molar-refractivity contribution in [1.29, 1.82) is 0 Å². The summed E-state index contributed by atoms with van der Waals surface area (Å²) in [5.74, 6) is -0.197. The van der Waals surface area contributed by atoms with Crippen molar-refractivity contribution in [3.05, 3.63) is 88.9 Å². The number of rotatable bonds is 11. The second kappa shape index (κ2) is 12.8. The van der Waals surface area contributed by atoms with Gasteiger partial charge < -0.3 is 15.0 Å². The number of halogens is 1. The van der Waals surface area contributed by atoms with E-state index < -0.39 is 28.5 Å². The van der Waals surface area contributed by atoms with Crippen LogP contribution in [0.2, 0.25) is 5.02 Å². The van der Waals surface area contributed by atoms with Gasteiger partial charge in [0.15, 0.2) is 0 Å². The third-order valence-electron chi connectivity index (χ3n) is 6.11. The maximum absolute atomic E-state index is 13.9. The van der Waals surface area contributed by atoms with Crippen LogP contribution in [-0.2, 0) is 26.2 Å². The molecule has 1 atom stereocenters. The molecule has 0 aliphatic heterocycles. The summed E-state index contributed by atoms with van der Waals surface area (Å²) in [6.07, 6.45) is 0.343. The van der Waals surface area contributed by atoms with Crippen LogP contribution in [0.1, 0.15) is 24.5 Å². The Morgan fingerprint density at radius 2 is 1.68 bits per heavy atom. The fourth-order valence-corrected chi connectivity index (χ4v) is 5.59. The van der Waals surface area contributed by atoms with Crippen molar-refractivity contribution < 1.29 is 22.7 Å². The molecule has 10 heteroatoms. The van der Waals surface area contributed by atoms with Crippen molar-refractivity contribution >= 4 is 39.1 Å². The molecule has 0 heterocycles. The molecule has 0 aromatic heterocycles. The number of benzene rings is 3. The number of aryl methyl sites for hydroxylation is 1. The van der Waals surface area contributed by atoms with Gasteiger partial charge in [-0.1, -0.05) is 42.8 Å². The summed E-state index contributed by atoms with van der Waals surface area (Å²) in [5, 5.41) is 3.00. The summed E-state index contributed by atoms with van der Waals surface area (Å²) in [5.41, 5.74) is 1.94. The van der Waals surface area contributed by atoms with Crippen LogP contribution in [0.15, 0.2) is 77.7 Å². The molecule has 0 saturated heterocycles. The lowest BCUT2D eigenvalue weighted by molar-refractivity contribution is -0.140. The minimum absolute atomic E-state index is 0.00347. The number of hydrogen-bond acceptors (Lipinski definition) is 5. The van der Waals surface area contributed by atoms with Gasteiger partial charge in [0.2, 0.25) is 11.8 Å². The third kappa shape index (κ3) is 6.85. The Morgan fingerprint density at radius 1 is 1.03 bits per heavy atom. The predicted octanol–water partition coefficient (Wildman–Crippen LogP) is 4.41. The zero-order valence-electron chi connectivity index (χ0n) is 21.8. The number of anilines is 1. The molecule has 3 aromatic rings. The molecule has 0 spiro atoms. The lowest BCUT2D eigenvalue weighted by Gasteiger charge is -2.33. The van der Waals surface area contributed by atoms with Crippen LogP contribution in [0.25, 0.3) is 0 Å². The Kier molecular flexibility index (Phi) is 9.77. The Balaban J connectivity index is 2.04. The van der Waals surface area contributed by atoms with Crippen LogP contribution in [0.5, 0.6) is 5.75 Å². The molecular formula is C28H32ClN3O5S. The van der Waals surface area contributed by atoms with E-state index >= 15 is 0 Å². The van der Waals surface area contributed by atoms with Crippen LogP contribution in [-0.4, -0.2) is 51.9 Å². The Morgan fingerprint density at radius 3 is 2.24 bits per heavy atom. The first kappa shape index (κ1) is 29.0. The molecule has 202 valence electrons. The molecule has 2 amide bonds. The summed E-state index contributed by atoms with van der Waals surface area (Å²) in [6.45, 7) is 3.25. The molecule has 0 saturated carbocycles. The monoisotopic (exact) mass is 557 g/mol. The van der Waals surface area contributed by atoms with Crippen molar-refractivity contribution in [1.82, 2.24) is 10.2 Å². The number of carbonyl (C=O) groups excluding carboxylic acids is 2. The molecule has 0 aliphatic carbocycles. The summed E-state index contributed by atoms with van der Waals surface area (Å²) in [7, 11) is -1.08. The zero-order chi connectivity index (χ0) is 27.9. The normalized spacial score (nSPS) is 11.9. The van der Waals surface area contributed by atoms with Crippen LogP contribution in [0.4, 0.5) is 5.69 Å². The highest BCUT2D eigenvalue weighted by atomic mass is 35.5. The van der Waals surface area contributed by atoms with Gasteiger partial charge in [-0.3, -0.25) is 13.9 Å². The van der Waals surface area contributed by atoms with Gasteiger partial charge in [-0.2, -0.15) is 0 Å². The molecular weight excluding hydrogens is 526 g/mol. The number of likely N-dealkylation sites (N-methyl/N-ethyl adjacent to an activating group) is 1. The smallest absolute Gasteiger partial charge is 0.264 e. The molecule has 3 rings (SSSR count). The predicted molar refractivity (Wildman–Crippen MR) is 149 cm³/mol. The summed E-state index contributed by atoms with van der Waals surface area (Å²) in [4.78, 5) is 28.1. The molecule has 0 fully saturated rings.